The molecule has 0 amide bonds. The van der Waals surface area contributed by atoms with Crippen molar-refractivity contribution in [3.8, 4) is 11.8 Å². The summed E-state index contributed by atoms with van der Waals surface area (Å²) in [6.07, 6.45) is 4.91. The zero-order chi connectivity index (χ0) is 11.1. The summed E-state index contributed by atoms with van der Waals surface area (Å²) < 4.78 is 4.66. The van der Waals surface area contributed by atoms with Gasteiger partial charge >= 0.3 is 5.97 Å². The summed E-state index contributed by atoms with van der Waals surface area (Å²) in [6.45, 7) is 2.06. The predicted molar refractivity (Wildman–Crippen MR) is 57.0 cm³/mol. The quantitative estimate of drug-likeness (QED) is 0.427. The Balaban J connectivity index is 2.38. The molecule has 1 N–H and O–H groups in total. The first kappa shape index (κ1) is 12.1. The highest BCUT2D eigenvalue weighted by Gasteiger charge is 2.19. The summed E-state index contributed by atoms with van der Waals surface area (Å²) in [7, 11) is 0. The monoisotopic (exact) mass is 210 g/mol. The van der Waals surface area contributed by atoms with Gasteiger partial charge < -0.3 is 9.84 Å². The van der Waals surface area contributed by atoms with Crippen molar-refractivity contribution >= 4 is 5.97 Å². The molecule has 0 aromatic rings. The maximum absolute atomic E-state index is 10.9. The smallest absolute Gasteiger partial charge is 0.384 e. The Hall–Kier alpha value is -1.01. The molecule has 0 unspecified atom stereocenters. The Labute approximate surface area is 90.8 Å². The van der Waals surface area contributed by atoms with E-state index in [1.165, 1.54) is 6.42 Å². The second-order valence-corrected chi connectivity index (χ2v) is 3.83. The van der Waals surface area contributed by atoms with Crippen LogP contribution in [0.2, 0.25) is 0 Å². The Bertz CT molecular complexity index is 256. The van der Waals surface area contributed by atoms with E-state index in [-0.39, 0.29) is 5.92 Å². The third-order valence-corrected chi connectivity index (χ3v) is 2.69. The lowest BCUT2D eigenvalue weighted by atomic mass is 9.85. The molecule has 1 fully saturated rings. The standard InChI is InChI=1S/C12H18O3/c1-2-15-12(14)9-8-11(13)10-6-4-3-5-7-10/h10-11,13H,2-7H2,1H3/t11-/m1/s1. The van der Waals surface area contributed by atoms with Gasteiger partial charge in [0.25, 0.3) is 0 Å². The molecule has 84 valence electrons. The van der Waals surface area contributed by atoms with Crippen molar-refractivity contribution < 1.29 is 14.6 Å². The van der Waals surface area contributed by atoms with Gasteiger partial charge in [0.05, 0.1) is 6.61 Å². The first-order valence-corrected chi connectivity index (χ1v) is 5.60. The van der Waals surface area contributed by atoms with E-state index in [0.717, 1.165) is 25.7 Å². The number of esters is 1. The van der Waals surface area contributed by atoms with Crippen LogP contribution in [0.4, 0.5) is 0 Å². The molecule has 1 aliphatic rings. The Morgan fingerprint density at radius 3 is 2.73 bits per heavy atom. The first-order chi connectivity index (χ1) is 7.24. The van der Waals surface area contributed by atoms with Crippen LogP contribution in [0.5, 0.6) is 0 Å². The fourth-order valence-corrected chi connectivity index (χ4v) is 1.87. The van der Waals surface area contributed by atoms with Gasteiger partial charge in [-0.25, -0.2) is 4.79 Å². The molecular formula is C12H18O3. The molecule has 0 bridgehead atoms. The van der Waals surface area contributed by atoms with Crippen molar-refractivity contribution in [2.75, 3.05) is 6.61 Å². The number of carbonyl (C=O) groups excluding carboxylic acids is 1. The number of aliphatic hydroxyl groups is 1. The number of ether oxygens (including phenoxy) is 1. The summed E-state index contributed by atoms with van der Waals surface area (Å²) in [5.74, 6) is 4.58. The van der Waals surface area contributed by atoms with Crippen LogP contribution in [0.15, 0.2) is 0 Å². The zero-order valence-electron chi connectivity index (χ0n) is 9.16. The number of aliphatic hydroxyl groups excluding tert-OH is 1. The van der Waals surface area contributed by atoms with Gasteiger partial charge in [-0.2, -0.15) is 0 Å². The number of rotatable bonds is 2. The fourth-order valence-electron chi connectivity index (χ4n) is 1.87. The van der Waals surface area contributed by atoms with Crippen molar-refractivity contribution in [2.45, 2.75) is 45.1 Å². The van der Waals surface area contributed by atoms with Gasteiger partial charge in [-0.05, 0) is 25.7 Å². The molecular weight excluding hydrogens is 192 g/mol. The average Bonchev–Trinajstić information content (AvgIpc) is 2.27. The normalized spacial score (nSPS) is 18.8. The third kappa shape index (κ3) is 4.35. The van der Waals surface area contributed by atoms with Gasteiger partial charge in [0.15, 0.2) is 0 Å². The minimum atomic E-state index is -0.672. The lowest BCUT2D eigenvalue weighted by Crippen LogP contribution is -2.21. The molecule has 0 aliphatic heterocycles. The maximum Gasteiger partial charge on any atom is 0.384 e. The summed E-state index contributed by atoms with van der Waals surface area (Å²) in [6, 6.07) is 0. The largest absolute Gasteiger partial charge is 0.456 e. The van der Waals surface area contributed by atoms with Crippen molar-refractivity contribution in [1.82, 2.24) is 0 Å². The summed E-state index contributed by atoms with van der Waals surface area (Å²) in [5.41, 5.74) is 0. The van der Waals surface area contributed by atoms with E-state index in [9.17, 15) is 9.90 Å². The highest BCUT2D eigenvalue weighted by Crippen LogP contribution is 2.25. The number of hydrogen-bond acceptors (Lipinski definition) is 3. The lowest BCUT2D eigenvalue weighted by Gasteiger charge is -2.23. The van der Waals surface area contributed by atoms with Crippen molar-refractivity contribution in [1.29, 1.82) is 0 Å². The minimum absolute atomic E-state index is 0.237. The molecule has 1 aliphatic carbocycles. The van der Waals surface area contributed by atoms with Crippen LogP contribution in [0.25, 0.3) is 0 Å². The maximum atomic E-state index is 10.9. The van der Waals surface area contributed by atoms with Crippen molar-refractivity contribution in [3.63, 3.8) is 0 Å². The predicted octanol–water partition coefficient (Wildman–Crippen LogP) is 1.49. The first-order valence-electron chi connectivity index (χ1n) is 5.60. The average molecular weight is 210 g/mol. The van der Waals surface area contributed by atoms with E-state index in [1.54, 1.807) is 6.92 Å². The molecule has 1 saturated carbocycles. The molecule has 0 heterocycles. The van der Waals surface area contributed by atoms with Crippen LogP contribution in [0, 0.1) is 17.8 Å². The summed E-state index contributed by atoms with van der Waals surface area (Å²) in [5, 5.41) is 9.71. The SMILES string of the molecule is CCOC(=O)C#C[C@@H](O)C1CCCCC1. The van der Waals surface area contributed by atoms with Gasteiger partial charge in [-0.15, -0.1) is 0 Å². The van der Waals surface area contributed by atoms with Gasteiger partial charge in [0.1, 0.15) is 6.10 Å². The molecule has 3 heteroatoms. The van der Waals surface area contributed by atoms with Crippen LogP contribution in [0.3, 0.4) is 0 Å². The molecule has 15 heavy (non-hydrogen) atoms. The third-order valence-electron chi connectivity index (χ3n) is 2.69. The molecule has 0 aromatic carbocycles. The summed E-state index contributed by atoms with van der Waals surface area (Å²) in [4.78, 5) is 10.9. The van der Waals surface area contributed by atoms with E-state index < -0.39 is 12.1 Å². The van der Waals surface area contributed by atoms with E-state index in [0.29, 0.717) is 6.61 Å². The lowest BCUT2D eigenvalue weighted by molar-refractivity contribution is -0.136. The van der Waals surface area contributed by atoms with E-state index in [1.807, 2.05) is 0 Å². The van der Waals surface area contributed by atoms with Crippen LogP contribution in [-0.2, 0) is 9.53 Å². The van der Waals surface area contributed by atoms with Crippen molar-refractivity contribution in [3.05, 3.63) is 0 Å². The highest BCUT2D eigenvalue weighted by molar-refractivity contribution is 5.88. The Morgan fingerprint density at radius 2 is 2.13 bits per heavy atom. The molecule has 0 saturated heterocycles. The van der Waals surface area contributed by atoms with Crippen LogP contribution >= 0.6 is 0 Å². The van der Waals surface area contributed by atoms with E-state index in [2.05, 4.69) is 16.6 Å². The minimum Gasteiger partial charge on any atom is -0.456 e. The van der Waals surface area contributed by atoms with Gasteiger partial charge in [0, 0.05) is 5.92 Å². The number of hydrogen-bond donors (Lipinski definition) is 1. The molecule has 0 radical (unpaired) electrons. The van der Waals surface area contributed by atoms with Gasteiger partial charge in [-0.1, -0.05) is 25.2 Å². The molecule has 0 spiro atoms. The van der Waals surface area contributed by atoms with E-state index in [4.69, 9.17) is 0 Å². The topological polar surface area (TPSA) is 46.5 Å². The number of carbonyl (C=O) groups is 1. The Kier molecular flexibility index (Phi) is 5.20. The summed E-state index contributed by atoms with van der Waals surface area (Å²) >= 11 is 0. The van der Waals surface area contributed by atoms with Crippen LogP contribution in [0.1, 0.15) is 39.0 Å². The van der Waals surface area contributed by atoms with Crippen LogP contribution in [-0.4, -0.2) is 23.8 Å². The molecule has 0 aromatic heterocycles. The van der Waals surface area contributed by atoms with Crippen molar-refractivity contribution in [2.24, 2.45) is 5.92 Å². The molecule has 3 nitrogen and oxygen atoms in total. The second kappa shape index (κ2) is 6.47. The van der Waals surface area contributed by atoms with Gasteiger partial charge in [-0.3, -0.25) is 0 Å². The molecule has 1 rings (SSSR count). The zero-order valence-corrected chi connectivity index (χ0v) is 9.16. The van der Waals surface area contributed by atoms with E-state index >= 15 is 0 Å². The van der Waals surface area contributed by atoms with Crippen LogP contribution < -0.4 is 0 Å². The highest BCUT2D eigenvalue weighted by atomic mass is 16.5. The fraction of sp³-hybridized carbons (Fsp3) is 0.750. The Morgan fingerprint density at radius 1 is 1.47 bits per heavy atom. The molecule has 1 atom stereocenters. The second-order valence-electron chi connectivity index (χ2n) is 3.83. The van der Waals surface area contributed by atoms with Gasteiger partial charge in [0.2, 0.25) is 0 Å².